The zero-order valence-corrected chi connectivity index (χ0v) is 9.75. The number of nitrogens with zero attached hydrogens (tertiary/aromatic N) is 2. The number of fused-ring (bicyclic) bond motifs is 1. The molecule has 0 saturated heterocycles. The molecule has 0 saturated carbocycles. The van der Waals surface area contributed by atoms with Crippen LogP contribution in [-0.4, -0.2) is 15.2 Å². The maximum absolute atomic E-state index is 11.4. The lowest BCUT2D eigenvalue weighted by Crippen LogP contribution is -2.12. The molecule has 2 heterocycles. The van der Waals surface area contributed by atoms with E-state index < -0.39 is 0 Å². The third-order valence-electron chi connectivity index (χ3n) is 2.56. The minimum atomic E-state index is 0.0830. The van der Waals surface area contributed by atoms with Crippen LogP contribution in [0.15, 0.2) is 17.8 Å². The van der Waals surface area contributed by atoms with Gasteiger partial charge in [-0.15, -0.1) is 11.3 Å². The van der Waals surface area contributed by atoms with E-state index >= 15 is 0 Å². The van der Waals surface area contributed by atoms with Gasteiger partial charge < -0.3 is 0 Å². The van der Waals surface area contributed by atoms with E-state index in [0.717, 1.165) is 17.1 Å². The Morgan fingerprint density at radius 3 is 3.13 bits per heavy atom. The van der Waals surface area contributed by atoms with E-state index in [9.17, 15) is 4.79 Å². The lowest BCUT2D eigenvalue weighted by Gasteiger charge is -2.05. The van der Waals surface area contributed by atoms with Crippen LogP contribution in [0.1, 0.15) is 26.0 Å². The van der Waals surface area contributed by atoms with Gasteiger partial charge in [-0.1, -0.05) is 13.8 Å². The monoisotopic (exact) mass is 222 g/mol. The molecular weight excluding hydrogens is 208 g/mol. The molecule has 4 heteroatoms. The molecule has 0 fully saturated rings. The van der Waals surface area contributed by atoms with Gasteiger partial charge in [0, 0.05) is 36.5 Å². The van der Waals surface area contributed by atoms with Crippen molar-refractivity contribution in [2.24, 2.45) is 5.92 Å². The maximum atomic E-state index is 11.4. The van der Waals surface area contributed by atoms with Gasteiger partial charge >= 0.3 is 0 Å². The SMILES string of the molecule is CCC(=O)C(C)Cc1cn2ccsc2n1. The van der Waals surface area contributed by atoms with Gasteiger partial charge in [0.15, 0.2) is 4.96 Å². The predicted molar refractivity (Wildman–Crippen MR) is 61.2 cm³/mol. The molecule has 2 aromatic heterocycles. The van der Waals surface area contributed by atoms with Crippen LogP contribution in [0.5, 0.6) is 0 Å². The minimum Gasteiger partial charge on any atom is -0.299 e. The average molecular weight is 222 g/mol. The summed E-state index contributed by atoms with van der Waals surface area (Å²) in [5.41, 5.74) is 1.01. The maximum Gasteiger partial charge on any atom is 0.193 e. The fraction of sp³-hybridized carbons (Fsp3) is 0.455. The Morgan fingerprint density at radius 2 is 2.47 bits per heavy atom. The van der Waals surface area contributed by atoms with Crippen molar-refractivity contribution in [2.75, 3.05) is 0 Å². The molecule has 0 aliphatic rings. The van der Waals surface area contributed by atoms with E-state index in [4.69, 9.17) is 0 Å². The number of thiazole rings is 1. The van der Waals surface area contributed by atoms with Crippen LogP contribution in [0.3, 0.4) is 0 Å². The summed E-state index contributed by atoms with van der Waals surface area (Å²) in [5.74, 6) is 0.394. The topological polar surface area (TPSA) is 34.4 Å². The van der Waals surface area contributed by atoms with Crippen LogP contribution in [-0.2, 0) is 11.2 Å². The standard InChI is InChI=1S/C11H14N2OS/c1-3-10(14)8(2)6-9-7-13-4-5-15-11(13)12-9/h4-5,7-8H,3,6H2,1-2H3. The summed E-state index contributed by atoms with van der Waals surface area (Å²) < 4.78 is 2.00. The summed E-state index contributed by atoms with van der Waals surface area (Å²) in [5, 5.41) is 2.01. The van der Waals surface area contributed by atoms with E-state index in [2.05, 4.69) is 4.98 Å². The smallest absolute Gasteiger partial charge is 0.193 e. The Bertz CT molecular complexity index is 443. The van der Waals surface area contributed by atoms with Crippen LogP contribution >= 0.6 is 11.3 Å². The molecule has 0 aromatic carbocycles. The van der Waals surface area contributed by atoms with Gasteiger partial charge in [0.2, 0.25) is 0 Å². The van der Waals surface area contributed by atoms with Gasteiger partial charge in [-0.2, -0.15) is 0 Å². The van der Waals surface area contributed by atoms with E-state index in [1.807, 2.05) is 36.0 Å². The van der Waals surface area contributed by atoms with Crippen LogP contribution in [0.25, 0.3) is 4.96 Å². The van der Waals surface area contributed by atoms with Crippen molar-refractivity contribution in [2.45, 2.75) is 26.7 Å². The van der Waals surface area contributed by atoms with Crippen molar-refractivity contribution >= 4 is 22.1 Å². The molecule has 0 spiro atoms. The number of rotatable bonds is 4. The number of carbonyl (C=O) groups excluding carboxylic acids is 1. The highest BCUT2D eigenvalue weighted by Crippen LogP contribution is 2.15. The van der Waals surface area contributed by atoms with Crippen molar-refractivity contribution in [1.29, 1.82) is 0 Å². The summed E-state index contributed by atoms with van der Waals surface area (Å²) in [6.07, 6.45) is 5.36. The third-order valence-corrected chi connectivity index (χ3v) is 3.33. The molecule has 15 heavy (non-hydrogen) atoms. The van der Waals surface area contributed by atoms with Crippen molar-refractivity contribution < 1.29 is 4.79 Å². The molecule has 0 aliphatic heterocycles. The van der Waals surface area contributed by atoms with Crippen molar-refractivity contribution in [1.82, 2.24) is 9.38 Å². The van der Waals surface area contributed by atoms with Gasteiger partial charge in [-0.3, -0.25) is 9.20 Å². The second-order valence-electron chi connectivity index (χ2n) is 3.75. The molecule has 2 rings (SSSR count). The molecule has 1 atom stereocenters. The van der Waals surface area contributed by atoms with Gasteiger partial charge in [-0.25, -0.2) is 4.98 Å². The zero-order chi connectivity index (χ0) is 10.8. The first kappa shape index (κ1) is 10.4. The molecule has 0 N–H and O–H groups in total. The van der Waals surface area contributed by atoms with E-state index in [1.54, 1.807) is 11.3 Å². The summed E-state index contributed by atoms with van der Waals surface area (Å²) in [4.78, 5) is 16.9. The predicted octanol–water partition coefficient (Wildman–Crippen LogP) is 2.55. The molecule has 0 aliphatic carbocycles. The quantitative estimate of drug-likeness (QED) is 0.796. The Hall–Kier alpha value is -1.16. The van der Waals surface area contributed by atoms with E-state index in [-0.39, 0.29) is 5.92 Å². The van der Waals surface area contributed by atoms with Gasteiger partial charge in [0.05, 0.1) is 5.69 Å². The van der Waals surface area contributed by atoms with Crippen LogP contribution in [0, 0.1) is 5.92 Å². The van der Waals surface area contributed by atoms with Crippen LogP contribution < -0.4 is 0 Å². The number of ketones is 1. The largest absolute Gasteiger partial charge is 0.299 e. The van der Waals surface area contributed by atoms with E-state index in [1.165, 1.54) is 0 Å². The first-order chi connectivity index (χ1) is 7.20. The Morgan fingerprint density at radius 1 is 1.67 bits per heavy atom. The number of hydrogen-bond donors (Lipinski definition) is 0. The number of Topliss-reactive ketones (excluding diaryl/α,β-unsaturated/α-hetero) is 1. The highest BCUT2D eigenvalue weighted by Gasteiger charge is 2.13. The molecule has 2 aromatic rings. The molecule has 0 amide bonds. The van der Waals surface area contributed by atoms with Gasteiger partial charge in [-0.05, 0) is 0 Å². The molecular formula is C11H14N2OS. The minimum absolute atomic E-state index is 0.0830. The first-order valence-electron chi connectivity index (χ1n) is 5.14. The highest BCUT2D eigenvalue weighted by atomic mass is 32.1. The summed E-state index contributed by atoms with van der Waals surface area (Å²) >= 11 is 1.62. The lowest BCUT2D eigenvalue weighted by molar-refractivity contribution is -0.122. The number of aromatic nitrogens is 2. The van der Waals surface area contributed by atoms with Crippen molar-refractivity contribution in [3.63, 3.8) is 0 Å². The fourth-order valence-electron chi connectivity index (χ4n) is 1.65. The van der Waals surface area contributed by atoms with Crippen molar-refractivity contribution in [3.05, 3.63) is 23.5 Å². The average Bonchev–Trinajstić information content (AvgIpc) is 2.76. The molecule has 0 radical (unpaired) electrons. The lowest BCUT2D eigenvalue weighted by atomic mass is 9.99. The van der Waals surface area contributed by atoms with Gasteiger partial charge in [0.1, 0.15) is 5.78 Å². The van der Waals surface area contributed by atoms with E-state index in [0.29, 0.717) is 12.2 Å². The van der Waals surface area contributed by atoms with Gasteiger partial charge in [0.25, 0.3) is 0 Å². The number of carbonyl (C=O) groups is 1. The second kappa shape index (κ2) is 4.14. The number of hydrogen-bond acceptors (Lipinski definition) is 3. The first-order valence-corrected chi connectivity index (χ1v) is 6.02. The van der Waals surface area contributed by atoms with Crippen molar-refractivity contribution in [3.8, 4) is 0 Å². The highest BCUT2D eigenvalue weighted by molar-refractivity contribution is 7.15. The third kappa shape index (κ3) is 2.09. The number of imidazole rings is 1. The Kier molecular flexibility index (Phi) is 2.86. The summed E-state index contributed by atoms with van der Waals surface area (Å²) in [6.45, 7) is 3.88. The summed E-state index contributed by atoms with van der Waals surface area (Å²) in [6, 6.07) is 0. The normalized spacial score (nSPS) is 13.2. The molecule has 3 nitrogen and oxygen atoms in total. The van der Waals surface area contributed by atoms with Crippen LogP contribution in [0.2, 0.25) is 0 Å². The molecule has 1 unspecified atom stereocenters. The molecule has 80 valence electrons. The van der Waals surface area contributed by atoms with Crippen LogP contribution in [0.4, 0.5) is 0 Å². The summed E-state index contributed by atoms with van der Waals surface area (Å²) in [7, 11) is 0. The Labute approximate surface area is 92.8 Å². The molecule has 0 bridgehead atoms. The Balaban J connectivity index is 2.12. The second-order valence-corrected chi connectivity index (χ2v) is 4.62. The fourth-order valence-corrected chi connectivity index (χ4v) is 2.37. The zero-order valence-electron chi connectivity index (χ0n) is 8.93.